The van der Waals surface area contributed by atoms with E-state index < -0.39 is 37.0 Å². The third-order valence-electron chi connectivity index (χ3n) is 4.87. The summed E-state index contributed by atoms with van der Waals surface area (Å²) in [5, 5.41) is 21.5. The predicted molar refractivity (Wildman–Crippen MR) is 102 cm³/mol. The number of hydrogen-bond acceptors (Lipinski definition) is 6. The van der Waals surface area contributed by atoms with Gasteiger partial charge in [0.2, 0.25) is 0 Å². The average molecular weight is 427 g/mol. The zero-order chi connectivity index (χ0) is 19.7. The van der Waals surface area contributed by atoms with Gasteiger partial charge in [0, 0.05) is 21.2 Å². The second-order valence-electron chi connectivity index (χ2n) is 6.66. The fourth-order valence-corrected chi connectivity index (χ4v) is 3.85. The molecule has 0 aromatic heterocycles. The number of aliphatic hydroxyl groups excluding tert-OH is 2. The van der Waals surface area contributed by atoms with Crippen LogP contribution in [0.5, 0.6) is 0 Å². The van der Waals surface area contributed by atoms with Crippen LogP contribution in [-0.2, 0) is 18.9 Å². The number of benzene rings is 2. The van der Waals surface area contributed by atoms with Gasteiger partial charge >= 0.3 is 0 Å². The second kappa shape index (κ2) is 8.65. The number of aliphatic hydroxyl groups is 2. The smallest absolute Gasteiger partial charge is 0.186 e. The monoisotopic (exact) mass is 426 g/mol. The SMILES string of the molecule is OC[C@@H]1OC(c2ccccc2Cl)OC[C@H]2OC(c3ccccc3Cl)O[C@@H]1[C@H]2O. The van der Waals surface area contributed by atoms with Gasteiger partial charge in [-0.15, -0.1) is 0 Å². The zero-order valence-electron chi connectivity index (χ0n) is 14.8. The van der Waals surface area contributed by atoms with Crippen molar-refractivity contribution in [3.05, 3.63) is 69.7 Å². The molecule has 150 valence electrons. The number of rotatable bonds is 3. The molecule has 28 heavy (non-hydrogen) atoms. The first-order valence-electron chi connectivity index (χ1n) is 8.94. The van der Waals surface area contributed by atoms with Gasteiger partial charge < -0.3 is 29.2 Å². The molecule has 0 radical (unpaired) electrons. The van der Waals surface area contributed by atoms with Gasteiger partial charge in [-0.3, -0.25) is 0 Å². The molecule has 2 unspecified atom stereocenters. The Bertz CT molecular complexity index is 773. The molecule has 2 N–H and O–H groups in total. The maximum absolute atomic E-state index is 10.7. The van der Waals surface area contributed by atoms with Gasteiger partial charge in [0.1, 0.15) is 24.4 Å². The van der Waals surface area contributed by atoms with Gasteiger partial charge in [-0.2, -0.15) is 0 Å². The van der Waals surface area contributed by atoms with Crippen LogP contribution in [0.2, 0.25) is 10.0 Å². The zero-order valence-corrected chi connectivity index (χ0v) is 16.3. The summed E-state index contributed by atoms with van der Waals surface area (Å²) >= 11 is 12.5. The molecule has 2 saturated heterocycles. The summed E-state index contributed by atoms with van der Waals surface area (Å²) in [5.41, 5.74) is 1.26. The quantitative estimate of drug-likeness (QED) is 0.784. The minimum Gasteiger partial charge on any atom is -0.394 e. The highest BCUT2D eigenvalue weighted by Gasteiger charge is 2.46. The first-order valence-corrected chi connectivity index (χ1v) is 9.70. The van der Waals surface area contributed by atoms with Crippen molar-refractivity contribution in [3.63, 3.8) is 0 Å². The van der Waals surface area contributed by atoms with Crippen molar-refractivity contribution >= 4 is 23.2 Å². The fourth-order valence-electron chi connectivity index (χ4n) is 3.40. The van der Waals surface area contributed by atoms with E-state index in [0.29, 0.717) is 21.2 Å². The van der Waals surface area contributed by atoms with Crippen molar-refractivity contribution in [1.29, 1.82) is 0 Å². The van der Waals surface area contributed by atoms with Gasteiger partial charge in [-0.05, 0) is 12.1 Å². The lowest BCUT2D eigenvalue weighted by molar-refractivity contribution is -0.352. The summed E-state index contributed by atoms with van der Waals surface area (Å²) in [7, 11) is 0. The summed E-state index contributed by atoms with van der Waals surface area (Å²) < 4.78 is 23.7. The van der Waals surface area contributed by atoms with Gasteiger partial charge in [0.15, 0.2) is 12.6 Å². The van der Waals surface area contributed by atoms with Gasteiger partial charge in [-0.1, -0.05) is 59.6 Å². The molecule has 0 amide bonds. The number of ether oxygens (including phenoxy) is 4. The Morgan fingerprint density at radius 1 is 0.857 bits per heavy atom. The van der Waals surface area contributed by atoms with Crippen LogP contribution in [0, 0.1) is 0 Å². The van der Waals surface area contributed by atoms with E-state index in [2.05, 4.69) is 0 Å². The minimum atomic E-state index is -1.04. The molecule has 0 saturated carbocycles. The van der Waals surface area contributed by atoms with Crippen LogP contribution in [0.15, 0.2) is 48.5 Å². The molecule has 0 aliphatic carbocycles. The molecule has 2 aliphatic heterocycles. The van der Waals surface area contributed by atoms with Crippen molar-refractivity contribution < 1.29 is 29.2 Å². The summed E-state index contributed by atoms with van der Waals surface area (Å²) in [4.78, 5) is 0. The van der Waals surface area contributed by atoms with E-state index >= 15 is 0 Å². The highest BCUT2D eigenvalue weighted by atomic mass is 35.5. The summed E-state index contributed by atoms with van der Waals surface area (Å²) in [6, 6.07) is 14.3. The molecular weight excluding hydrogens is 407 g/mol. The molecule has 2 aromatic rings. The van der Waals surface area contributed by atoms with Gasteiger partial charge in [0.05, 0.1) is 13.2 Å². The third kappa shape index (κ3) is 3.92. The van der Waals surface area contributed by atoms with E-state index in [4.69, 9.17) is 42.1 Å². The van der Waals surface area contributed by atoms with Crippen LogP contribution in [0.3, 0.4) is 0 Å². The van der Waals surface area contributed by atoms with Crippen LogP contribution < -0.4 is 0 Å². The molecule has 2 fully saturated rings. The molecular formula is C20H20Cl2O6. The number of halogens is 2. The maximum Gasteiger partial charge on any atom is 0.186 e. The largest absolute Gasteiger partial charge is 0.394 e. The standard InChI is InChI=1S/C20H20Cl2O6/c21-13-7-3-1-5-11(13)19-25-10-16-17(24)18(15(9-23)26-19)28-20(27-16)12-6-2-4-8-14(12)22/h1-8,15-20,23-24H,9-10H2/t15-,16+,17-,18-,19?,20?/m0/s1. The molecule has 6 nitrogen and oxygen atoms in total. The van der Waals surface area contributed by atoms with Crippen LogP contribution in [0.25, 0.3) is 0 Å². The van der Waals surface area contributed by atoms with Crippen molar-refractivity contribution in [2.75, 3.05) is 13.2 Å². The van der Waals surface area contributed by atoms with Gasteiger partial charge in [0.25, 0.3) is 0 Å². The van der Waals surface area contributed by atoms with Crippen LogP contribution in [-0.4, -0.2) is 47.8 Å². The van der Waals surface area contributed by atoms with Crippen molar-refractivity contribution in [3.8, 4) is 0 Å². The molecule has 8 heteroatoms. The van der Waals surface area contributed by atoms with Crippen molar-refractivity contribution in [2.24, 2.45) is 0 Å². The normalized spacial score (nSPS) is 33.1. The highest BCUT2D eigenvalue weighted by Crippen LogP contribution is 2.39. The second-order valence-corrected chi connectivity index (χ2v) is 7.48. The maximum atomic E-state index is 10.7. The number of hydrogen-bond donors (Lipinski definition) is 2. The number of fused-ring (bicyclic) bond motifs is 2. The molecule has 2 bridgehead atoms. The first kappa shape index (κ1) is 20.1. The van der Waals surface area contributed by atoms with E-state index in [9.17, 15) is 10.2 Å². The van der Waals surface area contributed by atoms with E-state index in [1.165, 1.54) is 0 Å². The van der Waals surface area contributed by atoms with E-state index in [0.717, 1.165) is 0 Å². The van der Waals surface area contributed by atoms with Crippen LogP contribution in [0.1, 0.15) is 23.7 Å². The first-order chi connectivity index (χ1) is 13.6. The van der Waals surface area contributed by atoms with Crippen molar-refractivity contribution in [1.82, 2.24) is 0 Å². The van der Waals surface area contributed by atoms with Crippen LogP contribution >= 0.6 is 23.2 Å². The molecule has 2 aromatic carbocycles. The molecule has 2 heterocycles. The lowest BCUT2D eigenvalue weighted by Crippen LogP contribution is -2.57. The van der Waals surface area contributed by atoms with Gasteiger partial charge in [-0.25, -0.2) is 0 Å². The summed E-state index contributed by atoms with van der Waals surface area (Å²) in [6.45, 7) is -0.329. The minimum absolute atomic E-state index is 0.0516. The Morgan fingerprint density at radius 2 is 1.46 bits per heavy atom. The Hall–Kier alpha value is -1.22. The van der Waals surface area contributed by atoms with E-state index in [1.54, 1.807) is 36.4 Å². The van der Waals surface area contributed by atoms with E-state index in [1.807, 2.05) is 12.1 Å². The molecule has 4 rings (SSSR count). The Labute approximate surface area is 172 Å². The lowest BCUT2D eigenvalue weighted by Gasteiger charge is -2.45. The predicted octanol–water partition coefficient (Wildman–Crippen LogP) is 3.24. The molecule has 2 aliphatic rings. The Morgan fingerprint density at radius 3 is 2.07 bits per heavy atom. The Kier molecular flexibility index (Phi) is 6.20. The molecule has 0 spiro atoms. The van der Waals surface area contributed by atoms with E-state index in [-0.39, 0.29) is 13.2 Å². The lowest BCUT2D eigenvalue weighted by atomic mass is 10.00. The Balaban J connectivity index is 1.62. The fraction of sp³-hybridized carbons (Fsp3) is 0.400. The highest BCUT2D eigenvalue weighted by molar-refractivity contribution is 6.31. The average Bonchev–Trinajstić information content (AvgIpc) is 2.70. The van der Waals surface area contributed by atoms with Crippen LogP contribution in [0.4, 0.5) is 0 Å². The topological polar surface area (TPSA) is 77.4 Å². The molecule has 6 atom stereocenters. The summed E-state index contributed by atoms with van der Waals surface area (Å²) in [5.74, 6) is 0. The third-order valence-corrected chi connectivity index (χ3v) is 5.56. The van der Waals surface area contributed by atoms with Crippen molar-refractivity contribution in [2.45, 2.75) is 37.0 Å². The summed E-state index contributed by atoms with van der Waals surface area (Å²) in [6.07, 6.45) is -5.06.